The monoisotopic (exact) mass is 458 g/mol. The number of halogens is 1. The molecule has 166 valence electrons. The lowest BCUT2D eigenvalue weighted by Crippen LogP contribution is -2.60. The van der Waals surface area contributed by atoms with Gasteiger partial charge >= 0.3 is 0 Å². The van der Waals surface area contributed by atoms with Gasteiger partial charge in [0.15, 0.2) is 5.82 Å². The van der Waals surface area contributed by atoms with Crippen molar-refractivity contribution in [2.24, 2.45) is 0 Å². The van der Waals surface area contributed by atoms with Crippen LogP contribution in [-0.2, 0) is 12.1 Å². The summed E-state index contributed by atoms with van der Waals surface area (Å²) in [6, 6.07) is 12.6. The second-order valence-corrected chi connectivity index (χ2v) is 9.37. The smallest absolute Gasteiger partial charge is 0.157 e. The number of nitrogens with one attached hydrogen (secondary N) is 1. The summed E-state index contributed by atoms with van der Waals surface area (Å²) in [5.74, 6) is 1.76. The van der Waals surface area contributed by atoms with Crippen molar-refractivity contribution in [1.82, 2.24) is 34.8 Å². The first-order valence-electron chi connectivity index (χ1n) is 11.0. The van der Waals surface area contributed by atoms with Crippen LogP contribution in [0.4, 0.5) is 0 Å². The maximum absolute atomic E-state index is 9.34. The van der Waals surface area contributed by atoms with Gasteiger partial charge in [-0.05, 0) is 42.8 Å². The molecule has 1 aromatic carbocycles. The minimum atomic E-state index is -0.269. The Morgan fingerprint density at radius 3 is 2.88 bits per heavy atom. The van der Waals surface area contributed by atoms with E-state index >= 15 is 0 Å². The average molecular weight is 459 g/mol. The molecule has 3 aromatic rings. The molecule has 2 unspecified atom stereocenters. The van der Waals surface area contributed by atoms with Gasteiger partial charge in [-0.1, -0.05) is 29.8 Å². The van der Waals surface area contributed by atoms with Gasteiger partial charge in [-0.3, -0.25) is 4.68 Å². The van der Waals surface area contributed by atoms with Gasteiger partial charge in [0.05, 0.1) is 30.3 Å². The summed E-state index contributed by atoms with van der Waals surface area (Å²) in [6.07, 6.45) is 8.94. The van der Waals surface area contributed by atoms with E-state index in [1.54, 1.807) is 0 Å². The van der Waals surface area contributed by atoms with Crippen molar-refractivity contribution in [3.63, 3.8) is 0 Å². The fraction of sp³-hybridized carbons (Fsp3) is 0.333. The van der Waals surface area contributed by atoms with Crippen LogP contribution in [0.15, 0.2) is 48.7 Å². The highest BCUT2D eigenvalue weighted by molar-refractivity contribution is 6.30. The predicted molar refractivity (Wildman–Crippen MR) is 125 cm³/mol. The molecule has 2 aromatic heterocycles. The molecule has 8 nitrogen and oxygen atoms in total. The molecular formula is C24H23ClN8. The van der Waals surface area contributed by atoms with E-state index in [0.717, 1.165) is 46.7 Å². The summed E-state index contributed by atoms with van der Waals surface area (Å²) in [7, 11) is 0. The van der Waals surface area contributed by atoms with Gasteiger partial charge < -0.3 is 14.8 Å². The Morgan fingerprint density at radius 2 is 2.12 bits per heavy atom. The van der Waals surface area contributed by atoms with Crippen LogP contribution in [0.1, 0.15) is 35.4 Å². The fourth-order valence-corrected chi connectivity index (χ4v) is 5.32. The first kappa shape index (κ1) is 20.2. The van der Waals surface area contributed by atoms with Crippen molar-refractivity contribution in [3.8, 4) is 6.07 Å². The highest BCUT2D eigenvalue weighted by Gasteiger charge is 2.42. The minimum absolute atomic E-state index is 0.0813. The van der Waals surface area contributed by atoms with Crippen molar-refractivity contribution in [3.05, 3.63) is 76.6 Å². The molecule has 1 saturated heterocycles. The van der Waals surface area contributed by atoms with Gasteiger partial charge in [-0.2, -0.15) is 10.4 Å². The van der Waals surface area contributed by atoms with Gasteiger partial charge in [0, 0.05) is 30.9 Å². The second-order valence-electron chi connectivity index (χ2n) is 8.93. The highest BCUT2D eigenvalue weighted by Crippen LogP contribution is 2.41. The summed E-state index contributed by atoms with van der Waals surface area (Å²) < 4.78 is 4.15. The van der Waals surface area contributed by atoms with Crippen LogP contribution >= 0.6 is 11.6 Å². The van der Waals surface area contributed by atoms with E-state index in [-0.39, 0.29) is 17.6 Å². The van der Waals surface area contributed by atoms with E-state index in [2.05, 4.69) is 55.3 Å². The summed E-state index contributed by atoms with van der Waals surface area (Å²) in [4.78, 5) is 2.37. The van der Waals surface area contributed by atoms with Gasteiger partial charge in [-0.25, -0.2) is 0 Å². The number of nitrogens with zero attached hydrogens (tertiary/aromatic N) is 7. The number of fused-ring (bicyclic) bond motifs is 3. The van der Waals surface area contributed by atoms with E-state index in [1.165, 1.54) is 0 Å². The van der Waals surface area contributed by atoms with Gasteiger partial charge in [0.25, 0.3) is 0 Å². The van der Waals surface area contributed by atoms with Crippen LogP contribution in [0, 0.1) is 18.3 Å². The van der Waals surface area contributed by atoms with Crippen molar-refractivity contribution >= 4 is 23.4 Å². The van der Waals surface area contributed by atoms with Crippen LogP contribution in [-0.4, -0.2) is 48.6 Å². The molecule has 3 aliphatic rings. The molecule has 9 heteroatoms. The average Bonchev–Trinajstić information content (AvgIpc) is 3.49. The lowest BCUT2D eigenvalue weighted by Gasteiger charge is -2.41. The number of aromatic nitrogens is 5. The normalized spacial score (nSPS) is 22.3. The van der Waals surface area contributed by atoms with E-state index in [0.29, 0.717) is 13.0 Å². The van der Waals surface area contributed by atoms with E-state index in [4.69, 9.17) is 16.7 Å². The van der Waals surface area contributed by atoms with Crippen LogP contribution in [0.25, 0.3) is 11.8 Å². The topological polar surface area (TPSA) is 87.6 Å². The predicted octanol–water partition coefficient (Wildman–Crippen LogP) is 3.14. The molecule has 0 bridgehead atoms. The number of nitriles is 1. The van der Waals surface area contributed by atoms with E-state index in [9.17, 15) is 5.26 Å². The first-order chi connectivity index (χ1) is 16.1. The molecule has 0 aliphatic carbocycles. The molecule has 0 saturated carbocycles. The molecular weight excluding hydrogens is 436 g/mol. The molecule has 0 amide bonds. The minimum Gasteiger partial charge on any atom is -0.357 e. The van der Waals surface area contributed by atoms with Gasteiger partial charge in [0.2, 0.25) is 0 Å². The number of rotatable bonds is 5. The van der Waals surface area contributed by atoms with Gasteiger partial charge in [0.1, 0.15) is 17.1 Å². The van der Waals surface area contributed by atoms with Crippen LogP contribution in [0.5, 0.6) is 0 Å². The van der Waals surface area contributed by atoms with Gasteiger partial charge in [-0.15, -0.1) is 10.2 Å². The maximum atomic E-state index is 9.34. The van der Waals surface area contributed by atoms with Crippen molar-refractivity contribution in [2.45, 2.75) is 37.5 Å². The Labute approximate surface area is 196 Å². The summed E-state index contributed by atoms with van der Waals surface area (Å²) in [6.45, 7) is 4.20. The molecule has 5 heterocycles. The zero-order valence-corrected chi connectivity index (χ0v) is 18.9. The van der Waals surface area contributed by atoms with Crippen LogP contribution in [0.3, 0.4) is 0 Å². The summed E-state index contributed by atoms with van der Waals surface area (Å²) in [5, 5.41) is 26.9. The lowest BCUT2D eigenvalue weighted by atomic mass is 9.89. The number of hydrogen-bond donors (Lipinski definition) is 1. The van der Waals surface area contributed by atoms with Crippen LogP contribution < -0.4 is 5.32 Å². The SMILES string of the molecule is Cc1nnc2n1C1C=C(c3ccn(C4(CC#N)CNC4)n3)N(Cc3cccc(Cl)c3)C1C=C2. The Kier molecular flexibility index (Phi) is 4.64. The summed E-state index contributed by atoms with van der Waals surface area (Å²) >= 11 is 6.28. The molecule has 33 heavy (non-hydrogen) atoms. The largest absolute Gasteiger partial charge is 0.357 e. The quantitative estimate of drug-likeness (QED) is 0.632. The third-order valence-corrected chi connectivity index (χ3v) is 7.11. The molecule has 0 radical (unpaired) electrons. The Hall–Kier alpha value is -3.41. The zero-order chi connectivity index (χ0) is 22.6. The third-order valence-electron chi connectivity index (χ3n) is 6.88. The third kappa shape index (κ3) is 3.19. The second kappa shape index (κ2) is 7.58. The van der Waals surface area contributed by atoms with E-state index in [1.807, 2.05) is 42.1 Å². The molecule has 0 spiro atoms. The first-order valence-corrected chi connectivity index (χ1v) is 11.4. The standard InChI is InChI=1S/C24H23ClN8/c1-16-28-29-23-6-5-20-22(33(16)23)12-21(31(20)13-17-3-2-4-18(25)11-17)19-7-10-32(30-19)24(8-9-26)14-27-15-24/h2-7,10-12,20,22,27H,8,13-15H2,1H3. The molecule has 3 aliphatic heterocycles. The molecule has 2 atom stereocenters. The Bertz CT molecular complexity index is 1320. The lowest BCUT2D eigenvalue weighted by molar-refractivity contribution is 0.160. The van der Waals surface area contributed by atoms with Crippen molar-refractivity contribution < 1.29 is 0 Å². The molecule has 1 fully saturated rings. The number of aryl methyl sites for hydroxylation is 1. The van der Waals surface area contributed by atoms with Crippen LogP contribution in [0.2, 0.25) is 5.02 Å². The number of hydrogen-bond acceptors (Lipinski definition) is 6. The van der Waals surface area contributed by atoms with E-state index < -0.39 is 0 Å². The number of benzene rings is 1. The summed E-state index contributed by atoms with van der Waals surface area (Å²) in [5.41, 5.74) is 2.83. The Morgan fingerprint density at radius 1 is 1.24 bits per heavy atom. The van der Waals surface area contributed by atoms with Crippen molar-refractivity contribution in [1.29, 1.82) is 5.26 Å². The van der Waals surface area contributed by atoms with Crippen molar-refractivity contribution in [2.75, 3.05) is 13.1 Å². The fourth-order valence-electron chi connectivity index (χ4n) is 5.11. The molecule has 6 rings (SSSR count). The maximum Gasteiger partial charge on any atom is 0.157 e. The highest BCUT2D eigenvalue weighted by atomic mass is 35.5. The molecule has 1 N–H and O–H groups in total. The zero-order valence-electron chi connectivity index (χ0n) is 18.2. The Balaban J connectivity index is 1.41.